The SMILES string of the molecule is CC(C)(O)C(F)CNC(=O)c1cnc(-n2ccc3cc(C#N)cnc32)cc1NC1CCCOC1. The van der Waals surface area contributed by atoms with E-state index < -0.39 is 17.7 Å². The normalized spacial score (nSPS) is 17.2. The number of nitriles is 1. The molecule has 1 saturated heterocycles. The van der Waals surface area contributed by atoms with Crippen molar-refractivity contribution in [2.24, 2.45) is 0 Å². The second-order valence-electron chi connectivity index (χ2n) is 8.91. The summed E-state index contributed by atoms with van der Waals surface area (Å²) in [6.45, 7) is 3.59. The van der Waals surface area contributed by atoms with Crippen LogP contribution in [0.2, 0.25) is 0 Å². The molecular weight excluding hydrogens is 439 g/mol. The number of nitrogens with one attached hydrogen (secondary N) is 2. The number of hydrogen-bond donors (Lipinski definition) is 3. The number of nitrogens with zero attached hydrogens (tertiary/aromatic N) is 4. The summed E-state index contributed by atoms with van der Waals surface area (Å²) in [5.74, 6) is 0.0298. The van der Waals surface area contributed by atoms with Crippen LogP contribution in [0.3, 0.4) is 0 Å². The van der Waals surface area contributed by atoms with E-state index in [4.69, 9.17) is 10.00 Å². The smallest absolute Gasteiger partial charge is 0.255 e. The summed E-state index contributed by atoms with van der Waals surface area (Å²) in [5.41, 5.74) is 0.313. The molecule has 0 spiro atoms. The number of fused-ring (bicyclic) bond motifs is 1. The number of hydrogen-bond acceptors (Lipinski definition) is 7. The Morgan fingerprint density at radius 1 is 1.41 bits per heavy atom. The fraction of sp³-hybridized carbons (Fsp3) is 0.417. The number of pyridine rings is 2. The Hall–Kier alpha value is -3.55. The number of carbonyl (C=O) groups is 1. The van der Waals surface area contributed by atoms with Crippen LogP contribution in [0.1, 0.15) is 42.6 Å². The van der Waals surface area contributed by atoms with Gasteiger partial charge >= 0.3 is 0 Å². The molecule has 4 rings (SSSR count). The summed E-state index contributed by atoms with van der Waals surface area (Å²) in [5, 5.41) is 25.6. The van der Waals surface area contributed by atoms with Crippen molar-refractivity contribution in [2.45, 2.75) is 44.5 Å². The van der Waals surface area contributed by atoms with Crippen molar-refractivity contribution in [1.29, 1.82) is 5.26 Å². The van der Waals surface area contributed by atoms with Crippen molar-refractivity contribution in [1.82, 2.24) is 19.9 Å². The molecular formula is C24H27FN6O3. The van der Waals surface area contributed by atoms with E-state index in [0.717, 1.165) is 18.2 Å². The summed E-state index contributed by atoms with van der Waals surface area (Å²) >= 11 is 0. The molecule has 34 heavy (non-hydrogen) atoms. The highest BCUT2D eigenvalue weighted by molar-refractivity contribution is 5.99. The van der Waals surface area contributed by atoms with E-state index in [1.807, 2.05) is 6.07 Å². The molecule has 0 aliphatic carbocycles. The minimum atomic E-state index is -1.62. The van der Waals surface area contributed by atoms with Gasteiger partial charge in [-0.2, -0.15) is 5.26 Å². The third kappa shape index (κ3) is 5.16. The predicted molar refractivity (Wildman–Crippen MR) is 125 cm³/mol. The summed E-state index contributed by atoms with van der Waals surface area (Å²) in [4.78, 5) is 21.7. The monoisotopic (exact) mass is 466 g/mol. The van der Waals surface area contributed by atoms with Gasteiger partial charge in [0.25, 0.3) is 5.91 Å². The Bertz CT molecular complexity index is 1220. The minimum absolute atomic E-state index is 0.0126. The first-order chi connectivity index (χ1) is 16.3. The second-order valence-corrected chi connectivity index (χ2v) is 8.91. The van der Waals surface area contributed by atoms with Crippen LogP contribution in [0.15, 0.2) is 36.8 Å². The topological polar surface area (TPSA) is 125 Å². The number of halogens is 1. The first-order valence-electron chi connectivity index (χ1n) is 11.1. The van der Waals surface area contributed by atoms with Crippen molar-refractivity contribution in [3.8, 4) is 11.9 Å². The van der Waals surface area contributed by atoms with Crippen LogP contribution in [0.25, 0.3) is 16.9 Å². The molecule has 9 nitrogen and oxygen atoms in total. The molecule has 2 unspecified atom stereocenters. The van der Waals surface area contributed by atoms with Gasteiger partial charge in [0.05, 0.1) is 35.6 Å². The van der Waals surface area contributed by atoms with Crippen molar-refractivity contribution in [3.05, 3.63) is 47.9 Å². The molecule has 1 fully saturated rings. The number of aromatic nitrogens is 3. The number of rotatable bonds is 7. The molecule has 178 valence electrons. The van der Waals surface area contributed by atoms with Gasteiger partial charge in [0.1, 0.15) is 23.7 Å². The summed E-state index contributed by atoms with van der Waals surface area (Å²) in [6, 6.07) is 7.41. The van der Waals surface area contributed by atoms with Crippen LogP contribution in [-0.4, -0.2) is 63.1 Å². The van der Waals surface area contributed by atoms with E-state index in [9.17, 15) is 14.3 Å². The zero-order chi connectivity index (χ0) is 24.3. The highest BCUT2D eigenvalue weighted by Crippen LogP contribution is 2.25. The average Bonchev–Trinajstić information content (AvgIpc) is 3.25. The predicted octanol–water partition coefficient (Wildman–Crippen LogP) is 2.72. The highest BCUT2D eigenvalue weighted by Gasteiger charge is 2.27. The van der Waals surface area contributed by atoms with E-state index in [1.165, 1.54) is 26.2 Å². The molecule has 2 atom stereocenters. The minimum Gasteiger partial charge on any atom is -0.387 e. The van der Waals surface area contributed by atoms with Crippen LogP contribution >= 0.6 is 0 Å². The van der Waals surface area contributed by atoms with Crippen LogP contribution in [0.5, 0.6) is 0 Å². The van der Waals surface area contributed by atoms with Gasteiger partial charge in [0.15, 0.2) is 0 Å². The fourth-order valence-corrected chi connectivity index (χ4v) is 3.75. The van der Waals surface area contributed by atoms with Gasteiger partial charge in [0.2, 0.25) is 0 Å². The molecule has 0 aromatic carbocycles. The zero-order valence-electron chi connectivity index (χ0n) is 19.1. The van der Waals surface area contributed by atoms with Gasteiger partial charge in [-0.1, -0.05) is 0 Å². The second kappa shape index (κ2) is 9.75. The summed E-state index contributed by atoms with van der Waals surface area (Å²) < 4.78 is 21.5. The molecule has 1 amide bonds. The first kappa shape index (κ1) is 23.6. The molecule has 3 aromatic rings. The Kier molecular flexibility index (Phi) is 6.77. The Balaban J connectivity index is 1.65. The largest absolute Gasteiger partial charge is 0.387 e. The van der Waals surface area contributed by atoms with Crippen LogP contribution in [0, 0.1) is 11.3 Å². The van der Waals surface area contributed by atoms with Gasteiger partial charge in [-0.3, -0.25) is 9.36 Å². The number of anilines is 1. The third-order valence-electron chi connectivity index (χ3n) is 5.76. The van der Waals surface area contributed by atoms with Gasteiger partial charge in [-0.15, -0.1) is 0 Å². The molecule has 3 aromatic heterocycles. The lowest BCUT2D eigenvalue weighted by molar-refractivity contribution is -0.00177. The average molecular weight is 467 g/mol. The molecule has 4 heterocycles. The molecule has 0 saturated carbocycles. The van der Waals surface area contributed by atoms with Gasteiger partial charge < -0.3 is 20.5 Å². The quantitative estimate of drug-likeness (QED) is 0.489. The lowest BCUT2D eigenvalue weighted by Crippen LogP contribution is -2.42. The van der Waals surface area contributed by atoms with Gasteiger partial charge in [-0.05, 0) is 38.8 Å². The fourth-order valence-electron chi connectivity index (χ4n) is 3.75. The van der Waals surface area contributed by atoms with Crippen molar-refractivity contribution < 1.29 is 19.0 Å². The number of alkyl halides is 1. The molecule has 0 radical (unpaired) electrons. The number of amides is 1. The Labute approximate surface area is 196 Å². The van der Waals surface area contributed by atoms with Crippen LogP contribution < -0.4 is 10.6 Å². The van der Waals surface area contributed by atoms with Crippen LogP contribution in [0.4, 0.5) is 10.1 Å². The molecule has 10 heteroatoms. The van der Waals surface area contributed by atoms with Crippen molar-refractivity contribution in [2.75, 3.05) is 25.1 Å². The Morgan fingerprint density at radius 2 is 2.24 bits per heavy atom. The molecule has 3 N–H and O–H groups in total. The number of aliphatic hydroxyl groups is 1. The summed E-state index contributed by atoms with van der Waals surface area (Å²) in [6.07, 6.45) is 4.89. The lowest BCUT2D eigenvalue weighted by Gasteiger charge is -2.26. The molecule has 1 aliphatic heterocycles. The maximum Gasteiger partial charge on any atom is 0.255 e. The zero-order valence-corrected chi connectivity index (χ0v) is 19.1. The maximum absolute atomic E-state index is 14.2. The van der Waals surface area contributed by atoms with Gasteiger partial charge in [0, 0.05) is 42.7 Å². The standard InChI is InChI=1S/C24H27FN6O3/c1-24(2,33)20(25)13-29-23(32)18-12-27-21(9-19(18)30-17-4-3-7-34-14-17)31-6-5-16-8-15(10-26)11-28-22(16)31/h5-6,8-9,11-12,17,20,33H,3-4,7,13-14H2,1-2H3,(H,27,30)(H,29,32). The van der Waals surface area contributed by atoms with E-state index >= 15 is 0 Å². The highest BCUT2D eigenvalue weighted by atomic mass is 19.1. The van der Waals surface area contributed by atoms with Crippen LogP contribution in [-0.2, 0) is 4.74 Å². The van der Waals surface area contributed by atoms with E-state index in [0.29, 0.717) is 35.9 Å². The number of ether oxygens (including phenoxy) is 1. The van der Waals surface area contributed by atoms with Gasteiger partial charge in [-0.25, -0.2) is 14.4 Å². The lowest BCUT2D eigenvalue weighted by atomic mass is 10.0. The van der Waals surface area contributed by atoms with E-state index in [1.54, 1.807) is 22.9 Å². The third-order valence-corrected chi connectivity index (χ3v) is 5.76. The molecule has 1 aliphatic rings. The summed E-state index contributed by atoms with van der Waals surface area (Å²) in [7, 11) is 0. The number of carbonyl (C=O) groups excluding carboxylic acids is 1. The van der Waals surface area contributed by atoms with Crippen molar-refractivity contribution >= 4 is 22.6 Å². The first-order valence-corrected chi connectivity index (χ1v) is 11.1. The van der Waals surface area contributed by atoms with Crippen molar-refractivity contribution in [3.63, 3.8) is 0 Å². The molecule has 0 bridgehead atoms. The van der Waals surface area contributed by atoms with E-state index in [2.05, 4.69) is 26.7 Å². The Morgan fingerprint density at radius 3 is 2.94 bits per heavy atom. The van der Waals surface area contributed by atoms with E-state index in [-0.39, 0.29) is 18.2 Å². The maximum atomic E-state index is 14.2.